The molecule has 0 bridgehead atoms. The van der Waals surface area contributed by atoms with Gasteiger partial charge in [-0.1, -0.05) is 125 Å². The highest BCUT2D eigenvalue weighted by Gasteiger charge is 2.65. The van der Waals surface area contributed by atoms with Gasteiger partial charge < -0.3 is 23.4 Å². The second-order valence-electron chi connectivity index (χ2n) is 12.2. The van der Waals surface area contributed by atoms with Crippen molar-refractivity contribution in [1.29, 1.82) is 0 Å². The zero-order valence-electron chi connectivity index (χ0n) is 25.4. The quantitative estimate of drug-likeness (QED) is 0.151. The van der Waals surface area contributed by atoms with E-state index in [2.05, 4.69) is 76.7 Å². The smallest absolute Gasteiger partial charge is 0.207 e. The van der Waals surface area contributed by atoms with Crippen LogP contribution in [0.3, 0.4) is 0 Å². The minimum atomic E-state index is -2.34. The fraction of sp³-hybridized carbons (Fsp3) is 0.444. The van der Waals surface area contributed by atoms with Crippen molar-refractivity contribution in [3.05, 3.63) is 120 Å². The summed E-state index contributed by atoms with van der Waals surface area (Å²) < 4.78 is 34.1. The zero-order chi connectivity index (χ0) is 29.5. The van der Waals surface area contributed by atoms with Crippen LogP contribution in [0.1, 0.15) is 44.4 Å². The topological polar surface area (TPSA) is 46.2 Å². The minimum absolute atomic E-state index is 0.136. The Labute approximate surface area is 252 Å². The van der Waals surface area contributed by atoms with Crippen LogP contribution in [0.5, 0.6) is 0 Å². The molecule has 0 saturated carbocycles. The first kappa shape index (κ1) is 30.9. The Morgan fingerprint density at radius 1 is 0.690 bits per heavy atom. The molecule has 2 heterocycles. The Bertz CT molecular complexity index is 1230. The molecule has 224 valence electrons. The summed E-state index contributed by atoms with van der Waals surface area (Å²) in [5, 5.41) is 0. The van der Waals surface area contributed by atoms with E-state index in [1.54, 1.807) is 0 Å². The van der Waals surface area contributed by atoms with Gasteiger partial charge in [-0.05, 0) is 27.8 Å². The van der Waals surface area contributed by atoms with Crippen molar-refractivity contribution in [3.8, 4) is 0 Å². The predicted octanol–water partition coefficient (Wildman–Crippen LogP) is 7.86. The maximum atomic E-state index is 7.28. The van der Waals surface area contributed by atoms with Crippen molar-refractivity contribution in [3.63, 3.8) is 0 Å². The van der Waals surface area contributed by atoms with E-state index >= 15 is 0 Å². The fourth-order valence-electron chi connectivity index (χ4n) is 6.89. The molecular formula is C36H46O5Si. The summed E-state index contributed by atoms with van der Waals surface area (Å²) in [6, 6.07) is 30.8. The van der Waals surface area contributed by atoms with Gasteiger partial charge in [0, 0.05) is 5.54 Å². The van der Waals surface area contributed by atoms with Gasteiger partial charge in [0.25, 0.3) is 0 Å². The third-order valence-electron chi connectivity index (χ3n) is 8.91. The lowest BCUT2D eigenvalue weighted by Crippen LogP contribution is -2.59. The number of ether oxygens (including phenoxy) is 4. The maximum absolute atomic E-state index is 7.28. The van der Waals surface area contributed by atoms with Gasteiger partial charge in [-0.15, -0.1) is 6.58 Å². The van der Waals surface area contributed by atoms with Crippen LogP contribution < -0.4 is 0 Å². The summed E-state index contributed by atoms with van der Waals surface area (Å²) in [5.41, 5.74) is 4.27. The Morgan fingerprint density at radius 3 is 1.64 bits per heavy atom. The van der Waals surface area contributed by atoms with Crippen LogP contribution in [0.4, 0.5) is 0 Å². The average Bonchev–Trinajstić information content (AvgIpc) is 3.36. The minimum Gasteiger partial charge on any atom is -0.407 e. The standard InChI is InChI=1S/C36H46O5Si/c1-6-32-34-36(41-42(32,26(2)3)27(4)5)35(39-24-30-20-14-9-15-21-30)33(38-23-29-18-12-8-13-19-29)31(40-34)25-37-22-28-16-10-7-11-17-28/h6-21,26-27,31-36H,1,22-25H2,2-5H3/t31-,32-,33-,34+,35+,36-/m1/s1. The van der Waals surface area contributed by atoms with E-state index in [4.69, 9.17) is 23.4 Å². The Balaban J connectivity index is 1.47. The van der Waals surface area contributed by atoms with Crippen molar-refractivity contribution in [2.75, 3.05) is 6.61 Å². The molecule has 0 amide bonds. The van der Waals surface area contributed by atoms with E-state index < -0.39 is 8.32 Å². The van der Waals surface area contributed by atoms with Gasteiger partial charge in [0.05, 0.1) is 32.5 Å². The molecule has 2 saturated heterocycles. The molecule has 6 atom stereocenters. The molecule has 5 rings (SSSR count). The first-order valence-electron chi connectivity index (χ1n) is 15.3. The summed E-state index contributed by atoms with van der Waals surface area (Å²) in [6.07, 6.45) is 0.654. The largest absolute Gasteiger partial charge is 0.407 e. The Kier molecular flexibility index (Phi) is 10.5. The molecule has 5 nitrogen and oxygen atoms in total. The Hall–Kier alpha value is -2.58. The molecule has 6 heteroatoms. The van der Waals surface area contributed by atoms with Crippen molar-refractivity contribution >= 4 is 8.32 Å². The second kappa shape index (κ2) is 14.3. The number of rotatable bonds is 13. The van der Waals surface area contributed by atoms with E-state index in [0.29, 0.717) is 37.5 Å². The molecular weight excluding hydrogens is 540 g/mol. The first-order chi connectivity index (χ1) is 20.4. The number of hydrogen-bond acceptors (Lipinski definition) is 5. The molecule has 0 N–H and O–H groups in total. The van der Waals surface area contributed by atoms with Crippen LogP contribution in [0.25, 0.3) is 0 Å². The summed E-state index contributed by atoms with van der Waals surface area (Å²) in [7, 11) is -2.34. The monoisotopic (exact) mass is 586 g/mol. The highest BCUT2D eigenvalue weighted by atomic mass is 28.4. The van der Waals surface area contributed by atoms with Gasteiger partial charge in [0.2, 0.25) is 8.32 Å². The van der Waals surface area contributed by atoms with Gasteiger partial charge in [-0.25, -0.2) is 0 Å². The van der Waals surface area contributed by atoms with Crippen molar-refractivity contribution in [1.82, 2.24) is 0 Å². The Morgan fingerprint density at radius 2 is 1.17 bits per heavy atom. The summed E-state index contributed by atoms with van der Waals surface area (Å²) in [5.74, 6) is 0. The van der Waals surface area contributed by atoms with Crippen molar-refractivity contribution in [2.24, 2.45) is 0 Å². The highest BCUT2D eigenvalue weighted by molar-refractivity contribution is 6.79. The zero-order valence-corrected chi connectivity index (χ0v) is 26.4. The van der Waals surface area contributed by atoms with Gasteiger partial charge in [0.1, 0.15) is 24.4 Å². The van der Waals surface area contributed by atoms with Crippen LogP contribution >= 0.6 is 0 Å². The molecule has 42 heavy (non-hydrogen) atoms. The van der Waals surface area contributed by atoms with E-state index in [-0.39, 0.29) is 36.1 Å². The van der Waals surface area contributed by atoms with Gasteiger partial charge in [-0.3, -0.25) is 0 Å². The number of benzene rings is 3. The molecule has 0 radical (unpaired) electrons. The lowest BCUT2D eigenvalue weighted by Gasteiger charge is -2.44. The lowest BCUT2D eigenvalue weighted by molar-refractivity contribution is -0.247. The first-order valence-corrected chi connectivity index (χ1v) is 17.5. The third kappa shape index (κ3) is 6.64. The normalized spacial score (nSPS) is 26.8. The van der Waals surface area contributed by atoms with Gasteiger partial charge in [-0.2, -0.15) is 0 Å². The molecule has 2 aliphatic rings. The molecule has 0 aromatic heterocycles. The molecule has 0 unspecified atom stereocenters. The van der Waals surface area contributed by atoms with Crippen LogP contribution in [0, 0.1) is 0 Å². The van der Waals surface area contributed by atoms with E-state index in [0.717, 1.165) is 16.7 Å². The van der Waals surface area contributed by atoms with E-state index in [9.17, 15) is 0 Å². The molecule has 0 spiro atoms. The third-order valence-corrected chi connectivity index (χ3v) is 14.8. The van der Waals surface area contributed by atoms with Crippen LogP contribution in [-0.2, 0) is 43.2 Å². The molecule has 3 aromatic carbocycles. The van der Waals surface area contributed by atoms with Crippen LogP contribution in [-0.4, -0.2) is 45.4 Å². The molecule has 0 aliphatic carbocycles. The van der Waals surface area contributed by atoms with Crippen molar-refractivity contribution in [2.45, 2.75) is 94.7 Å². The molecule has 3 aromatic rings. The van der Waals surface area contributed by atoms with Crippen LogP contribution in [0.2, 0.25) is 16.6 Å². The van der Waals surface area contributed by atoms with Gasteiger partial charge in [0.15, 0.2) is 0 Å². The summed E-state index contributed by atoms with van der Waals surface area (Å²) in [6.45, 7) is 15.3. The van der Waals surface area contributed by atoms with E-state index in [1.807, 2.05) is 54.6 Å². The molecule has 2 aliphatic heterocycles. The second-order valence-corrected chi connectivity index (χ2v) is 17.1. The number of fused-ring (bicyclic) bond motifs is 1. The summed E-state index contributed by atoms with van der Waals surface area (Å²) in [4.78, 5) is 0. The maximum Gasteiger partial charge on any atom is 0.207 e. The molecule has 2 fully saturated rings. The van der Waals surface area contributed by atoms with Crippen LogP contribution in [0.15, 0.2) is 104 Å². The predicted molar refractivity (Wildman–Crippen MR) is 170 cm³/mol. The SMILES string of the molecule is C=C[C@@H]1[C@@H]2O[C@H](COCc3ccccc3)[C@@H](OCc3ccccc3)[C@H](OCc3ccccc3)[C@@H]2O[Si]1(C(C)C)C(C)C. The average molecular weight is 587 g/mol. The highest BCUT2D eigenvalue weighted by Crippen LogP contribution is 2.55. The summed E-state index contributed by atoms with van der Waals surface area (Å²) >= 11 is 0. The fourth-order valence-corrected chi connectivity index (χ4v) is 12.4. The van der Waals surface area contributed by atoms with Crippen molar-refractivity contribution < 1.29 is 23.4 Å². The lowest BCUT2D eigenvalue weighted by atomic mass is 9.92. The van der Waals surface area contributed by atoms with Gasteiger partial charge >= 0.3 is 0 Å². The van der Waals surface area contributed by atoms with E-state index in [1.165, 1.54) is 0 Å². The number of hydrogen-bond donors (Lipinski definition) is 0.